The minimum Gasteiger partial charge on any atom is -0.508 e. The molecule has 0 aliphatic carbocycles. The summed E-state index contributed by atoms with van der Waals surface area (Å²) in [6.07, 6.45) is -5.06. The molecule has 2 aromatic rings. The molecule has 0 aliphatic heterocycles. The number of carboxylic acid groups (broad SMARTS) is 3. The number of nitrogens with one attached hydrogen (secondary N) is 16. The van der Waals surface area contributed by atoms with Gasteiger partial charge in [-0.2, -0.15) is 0 Å². The van der Waals surface area contributed by atoms with Crippen LogP contribution in [0.1, 0.15) is 130 Å². The number of carbonyl (C=O) groups is 18. The normalized spacial score (nSPS) is 14.6. The van der Waals surface area contributed by atoms with Crippen molar-refractivity contribution < 1.29 is 122 Å². The van der Waals surface area contributed by atoms with Gasteiger partial charge in [0.2, 0.25) is 88.6 Å². The highest BCUT2D eigenvalue weighted by molar-refractivity contribution is 6.01. The Labute approximate surface area is 672 Å². The lowest BCUT2D eigenvalue weighted by Gasteiger charge is -2.28. The number of aliphatic carboxylic acids is 3. The number of carboxylic acids is 3. The van der Waals surface area contributed by atoms with Crippen molar-refractivity contribution in [2.24, 2.45) is 34.8 Å². The number of unbranched alkanes of at least 4 members (excludes halogenated alkanes) is 1. The van der Waals surface area contributed by atoms with Crippen LogP contribution in [0.4, 0.5) is 0 Å². The highest BCUT2D eigenvalue weighted by atomic mass is 16.4. The Bertz CT molecular complexity index is 3780. The van der Waals surface area contributed by atoms with Gasteiger partial charge in [0.1, 0.15) is 84.0 Å². The lowest BCUT2D eigenvalue weighted by Crippen LogP contribution is -2.62. The molecule has 0 saturated carbocycles. The molecular weight excluding hydrogens is 1540 g/mol. The molecule has 45 nitrogen and oxygen atoms in total. The standard InChI is InChI=1S/C72H112N20O25/c1-34(2)25-46(63(108)80-32-55(99)83-47(26-35(3)4)65(110)82-37(6)60(105)84-44(12-10-24-78-72(76)77)62(107)79-31-54(98)81-36(5)59(104)91-52(33-93)69(114)90-51(71(116)117)30-57(102)103)89-70(115)58(38(7)94)92-64(109)45(21-22-53(75)97)85-66(111)48(27-39-13-17-41(95)18-14-39)87-67(112)49(28-40-15-19-42(96)20-16-40)88-68(113)50(29-56(100)101)86-61(106)43(74)11-8-9-23-73/h13-20,34-38,43-52,58,93-96H,8-12,21-33,73-74H2,1-7H3,(H2,75,97)(H,79,107)(H,80,108)(H,81,98)(H,82,110)(H,83,99)(H,84,105)(H,85,111)(H,86,106)(H,87,112)(H,88,113)(H,89,115)(H,90,114)(H,91,104)(H,92,109)(H,100,101)(H,102,103)(H,116,117)(H4,76,77,78)/t36-,37-,38+,43-,44-,45-,46-,47-,48-,49-,50-,51-,52-,58-/m0/s1. The molecule has 0 spiro atoms. The molecule has 15 amide bonds. The second-order valence-electron chi connectivity index (χ2n) is 28.4. The zero-order chi connectivity index (χ0) is 88.5. The molecule has 14 atom stereocenters. The number of primary amides is 1. The smallest absolute Gasteiger partial charge is 0.326 e. The van der Waals surface area contributed by atoms with Crippen LogP contribution < -0.4 is 103 Å². The molecule has 0 heterocycles. The molecular formula is C72H112N20O25. The fourth-order valence-corrected chi connectivity index (χ4v) is 11.0. The van der Waals surface area contributed by atoms with E-state index in [-0.39, 0.29) is 67.5 Å². The van der Waals surface area contributed by atoms with Crippen LogP contribution in [0.2, 0.25) is 0 Å². The number of amides is 15. The molecule has 117 heavy (non-hydrogen) atoms. The second kappa shape index (κ2) is 51.5. The Morgan fingerprint density at radius 1 is 0.410 bits per heavy atom. The van der Waals surface area contributed by atoms with E-state index in [1.807, 2.05) is 5.32 Å². The summed E-state index contributed by atoms with van der Waals surface area (Å²) < 4.78 is 0. The summed E-state index contributed by atoms with van der Waals surface area (Å²) >= 11 is 0. The summed E-state index contributed by atoms with van der Waals surface area (Å²) in [6.45, 7) is 7.71. The number of hydrogen-bond donors (Lipinski definition) is 27. The molecule has 2 rings (SSSR count). The van der Waals surface area contributed by atoms with E-state index in [9.17, 15) is 117 Å². The molecule has 0 fully saturated rings. The Balaban J connectivity index is 2.36. The number of aliphatic hydroxyl groups is 2. The highest BCUT2D eigenvalue weighted by Gasteiger charge is 2.38. The molecule has 0 aromatic heterocycles. The predicted octanol–water partition coefficient (Wildman–Crippen LogP) is -8.54. The summed E-state index contributed by atoms with van der Waals surface area (Å²) in [5.74, 6) is -22.3. The van der Waals surface area contributed by atoms with E-state index < -0.39 is 255 Å². The SMILES string of the molecule is CC(C)C[C@H](NC(=O)CNC(=O)[C@H](CC(C)C)NC(=O)[C@@H](NC(=O)[C@H](CCC(N)=O)NC(=O)[C@H](Cc1ccc(O)cc1)NC(=O)[C@H](Cc1ccc(O)cc1)NC(=O)[C@H](CC(=O)O)NC(=O)[C@@H](N)CCCCN)[C@@H](C)O)C(=O)N[C@@H](C)C(=O)N[C@@H](CCCNC(=N)N)C(=O)NCC(=O)N[C@@H](C)C(=O)N[C@@H](CO)C(=O)N[C@@H](CC(=O)O)C(=O)O. The van der Waals surface area contributed by atoms with E-state index in [0.29, 0.717) is 24.9 Å². The first-order valence-electron chi connectivity index (χ1n) is 37.4. The first-order valence-corrected chi connectivity index (χ1v) is 37.4. The van der Waals surface area contributed by atoms with E-state index in [2.05, 4.69) is 74.4 Å². The van der Waals surface area contributed by atoms with E-state index in [1.54, 1.807) is 27.7 Å². The lowest BCUT2D eigenvalue weighted by atomic mass is 10.0. The average molecular weight is 1660 g/mol. The monoisotopic (exact) mass is 1660 g/mol. The summed E-state index contributed by atoms with van der Waals surface area (Å²) in [5.41, 5.74) is 23.0. The Morgan fingerprint density at radius 3 is 1.26 bits per heavy atom. The number of hydrogen-bond acceptors (Lipinski definition) is 25. The van der Waals surface area contributed by atoms with Crippen LogP contribution in [-0.2, 0) is 99.1 Å². The van der Waals surface area contributed by atoms with Gasteiger partial charge in [-0.1, -0.05) is 58.4 Å². The third kappa shape index (κ3) is 39.5. The van der Waals surface area contributed by atoms with E-state index in [1.165, 1.54) is 55.5 Å². The topological polar surface area (TPSA) is 757 Å². The zero-order valence-electron chi connectivity index (χ0n) is 65.9. The molecule has 0 unspecified atom stereocenters. The average Bonchev–Trinajstić information content (AvgIpc) is 0.731. The van der Waals surface area contributed by atoms with Crippen molar-refractivity contribution in [1.82, 2.24) is 79.8 Å². The minimum absolute atomic E-state index is 0.0183. The third-order valence-electron chi connectivity index (χ3n) is 17.2. The van der Waals surface area contributed by atoms with Crippen molar-refractivity contribution in [1.29, 1.82) is 5.41 Å². The number of nitrogens with two attached hydrogens (primary N) is 4. The van der Waals surface area contributed by atoms with Gasteiger partial charge in [0, 0.05) is 25.8 Å². The Kier molecular flexibility index (Phi) is 44.3. The second-order valence-corrected chi connectivity index (χ2v) is 28.4. The van der Waals surface area contributed by atoms with Crippen molar-refractivity contribution in [3.63, 3.8) is 0 Å². The highest BCUT2D eigenvalue weighted by Crippen LogP contribution is 2.17. The summed E-state index contributed by atoms with van der Waals surface area (Å²) in [7, 11) is 0. The summed E-state index contributed by atoms with van der Waals surface area (Å²) in [6, 6.07) is -10.7. The van der Waals surface area contributed by atoms with Crippen LogP contribution in [0, 0.1) is 17.2 Å². The van der Waals surface area contributed by atoms with Crippen LogP contribution in [0.5, 0.6) is 11.5 Å². The maximum Gasteiger partial charge on any atom is 0.326 e. The fourth-order valence-electron chi connectivity index (χ4n) is 11.0. The van der Waals surface area contributed by atoms with Gasteiger partial charge in [-0.15, -0.1) is 0 Å². The number of phenolic OH excluding ortho intramolecular Hbond substituents is 2. The molecule has 650 valence electrons. The molecule has 45 heteroatoms. The molecule has 0 saturated heterocycles. The number of carbonyl (C=O) groups excluding carboxylic acids is 15. The quantitative estimate of drug-likeness (QED) is 0.0166. The molecule has 0 aliphatic rings. The van der Waals surface area contributed by atoms with Crippen molar-refractivity contribution in [3.8, 4) is 11.5 Å². The molecule has 0 bridgehead atoms. The van der Waals surface area contributed by atoms with Gasteiger partial charge in [0.15, 0.2) is 5.96 Å². The number of aliphatic hydroxyl groups excluding tert-OH is 2. The van der Waals surface area contributed by atoms with Crippen molar-refractivity contribution in [2.75, 3.05) is 32.8 Å². The van der Waals surface area contributed by atoms with Crippen molar-refractivity contribution >= 4 is 112 Å². The van der Waals surface area contributed by atoms with Gasteiger partial charge in [-0.3, -0.25) is 86.9 Å². The Morgan fingerprint density at radius 2 is 0.803 bits per heavy atom. The minimum atomic E-state index is -1.95. The molecule has 0 radical (unpaired) electrons. The number of aromatic hydroxyl groups is 2. The van der Waals surface area contributed by atoms with Crippen LogP contribution in [0.25, 0.3) is 0 Å². The number of phenols is 2. The number of guanidine groups is 1. The first-order chi connectivity index (χ1) is 54.8. The third-order valence-corrected chi connectivity index (χ3v) is 17.2. The van der Waals surface area contributed by atoms with Gasteiger partial charge in [0.05, 0.1) is 44.7 Å². The largest absolute Gasteiger partial charge is 0.508 e. The van der Waals surface area contributed by atoms with Crippen molar-refractivity contribution in [3.05, 3.63) is 59.7 Å². The van der Waals surface area contributed by atoms with Gasteiger partial charge < -0.3 is 138 Å². The fraction of sp³-hybridized carbons (Fsp3) is 0.569. The van der Waals surface area contributed by atoms with Crippen LogP contribution in [-0.4, -0.2) is 266 Å². The first kappa shape index (κ1) is 101. The zero-order valence-corrected chi connectivity index (χ0v) is 65.9. The van der Waals surface area contributed by atoms with Crippen molar-refractivity contribution in [2.45, 2.75) is 217 Å². The Hall–Kier alpha value is -12.4. The van der Waals surface area contributed by atoms with Crippen LogP contribution in [0.3, 0.4) is 0 Å². The molecule has 31 N–H and O–H groups in total. The van der Waals surface area contributed by atoms with Crippen LogP contribution >= 0.6 is 0 Å². The van der Waals surface area contributed by atoms with E-state index in [0.717, 1.165) is 13.8 Å². The van der Waals surface area contributed by atoms with Gasteiger partial charge >= 0.3 is 17.9 Å². The van der Waals surface area contributed by atoms with E-state index in [4.69, 9.17) is 33.5 Å². The maximum atomic E-state index is 14.7. The van der Waals surface area contributed by atoms with Gasteiger partial charge in [-0.25, -0.2) is 4.79 Å². The maximum absolute atomic E-state index is 14.7. The van der Waals surface area contributed by atoms with Crippen LogP contribution in [0.15, 0.2) is 48.5 Å². The van der Waals surface area contributed by atoms with Gasteiger partial charge in [0.25, 0.3) is 0 Å². The van der Waals surface area contributed by atoms with E-state index >= 15 is 0 Å². The summed E-state index contributed by atoms with van der Waals surface area (Å²) in [4.78, 5) is 239. The summed E-state index contributed by atoms with van der Waals surface area (Å²) in [5, 5.41) is 111. The predicted molar refractivity (Wildman–Crippen MR) is 412 cm³/mol. The van der Waals surface area contributed by atoms with Gasteiger partial charge in [-0.05, 0) is 119 Å². The number of rotatable bonds is 54. The lowest BCUT2D eigenvalue weighted by molar-refractivity contribution is -0.147. The molecule has 2 aromatic carbocycles. The number of benzene rings is 2.